The zero-order valence-electron chi connectivity index (χ0n) is 11.1. The number of aryl methyl sites for hydroxylation is 1. The highest BCUT2D eigenvalue weighted by Gasteiger charge is 2.22. The second-order valence-electron chi connectivity index (χ2n) is 4.16. The first-order valence-electron chi connectivity index (χ1n) is 5.81. The van der Waals surface area contributed by atoms with Crippen LogP contribution >= 0.6 is 11.6 Å². The molecule has 4 N–H and O–H groups in total. The van der Waals surface area contributed by atoms with E-state index in [0.717, 1.165) is 5.69 Å². The lowest BCUT2D eigenvalue weighted by Crippen LogP contribution is -2.33. The number of nitrogen functional groups attached to an aromatic ring is 1. The summed E-state index contributed by atoms with van der Waals surface area (Å²) < 4.78 is 6.78. The maximum absolute atomic E-state index is 12.2. The van der Waals surface area contributed by atoms with Gasteiger partial charge in [0.2, 0.25) is 0 Å². The van der Waals surface area contributed by atoms with Crippen LogP contribution in [0.15, 0.2) is 12.3 Å². The Kier molecular flexibility index (Phi) is 4.26. The van der Waals surface area contributed by atoms with Crippen molar-refractivity contribution in [1.82, 2.24) is 25.3 Å². The average molecular weight is 299 g/mol. The van der Waals surface area contributed by atoms with E-state index in [-0.39, 0.29) is 22.6 Å². The third-order valence-electron chi connectivity index (χ3n) is 2.81. The molecular weight excluding hydrogens is 284 g/mol. The number of anilines is 1. The van der Waals surface area contributed by atoms with E-state index < -0.39 is 5.91 Å². The molecule has 0 saturated carbocycles. The molecule has 9 heteroatoms. The molecule has 0 saturated heterocycles. The van der Waals surface area contributed by atoms with Crippen LogP contribution in [0, 0.1) is 0 Å². The van der Waals surface area contributed by atoms with Crippen LogP contribution in [0.4, 0.5) is 5.82 Å². The van der Waals surface area contributed by atoms with E-state index in [1.807, 2.05) is 0 Å². The standard InChI is InChI=1S/C11H15ClN6O2/c1-18-7(3-4-14-18)6(5-20-2)15-11(19)9-8(12)10(13)17-16-9/h3-4,6H,5H2,1-2H3,(H,15,19)(H3,13,16,17). The van der Waals surface area contributed by atoms with Crippen molar-refractivity contribution in [2.75, 3.05) is 19.5 Å². The summed E-state index contributed by atoms with van der Waals surface area (Å²) in [5.41, 5.74) is 6.42. The van der Waals surface area contributed by atoms with E-state index in [9.17, 15) is 4.79 Å². The zero-order valence-corrected chi connectivity index (χ0v) is 11.8. The molecule has 0 aliphatic rings. The van der Waals surface area contributed by atoms with Gasteiger partial charge >= 0.3 is 0 Å². The van der Waals surface area contributed by atoms with Gasteiger partial charge < -0.3 is 15.8 Å². The van der Waals surface area contributed by atoms with E-state index >= 15 is 0 Å². The molecule has 2 heterocycles. The van der Waals surface area contributed by atoms with Crippen molar-refractivity contribution < 1.29 is 9.53 Å². The summed E-state index contributed by atoms with van der Waals surface area (Å²) in [4.78, 5) is 12.2. The van der Waals surface area contributed by atoms with Gasteiger partial charge in [-0.3, -0.25) is 14.6 Å². The number of H-pyrrole nitrogens is 1. The fraction of sp³-hybridized carbons (Fsp3) is 0.364. The number of carbonyl (C=O) groups excluding carboxylic acids is 1. The number of rotatable bonds is 5. The van der Waals surface area contributed by atoms with Gasteiger partial charge in [-0.2, -0.15) is 10.2 Å². The minimum Gasteiger partial charge on any atom is -0.382 e. The maximum Gasteiger partial charge on any atom is 0.271 e. The van der Waals surface area contributed by atoms with Crippen molar-refractivity contribution in [3.8, 4) is 0 Å². The Morgan fingerprint density at radius 1 is 1.70 bits per heavy atom. The summed E-state index contributed by atoms with van der Waals surface area (Å²) in [6.07, 6.45) is 1.64. The van der Waals surface area contributed by atoms with Crippen molar-refractivity contribution >= 4 is 23.3 Å². The molecule has 8 nitrogen and oxygen atoms in total. The highest BCUT2D eigenvalue weighted by atomic mass is 35.5. The summed E-state index contributed by atoms with van der Waals surface area (Å²) >= 11 is 5.89. The smallest absolute Gasteiger partial charge is 0.271 e. The van der Waals surface area contributed by atoms with E-state index in [2.05, 4.69) is 20.6 Å². The molecule has 0 aliphatic carbocycles. The number of nitrogens with one attached hydrogen (secondary N) is 2. The van der Waals surface area contributed by atoms with Gasteiger partial charge in [0.25, 0.3) is 5.91 Å². The van der Waals surface area contributed by atoms with Crippen LogP contribution in [0.1, 0.15) is 22.2 Å². The van der Waals surface area contributed by atoms with Crippen LogP contribution in [0.25, 0.3) is 0 Å². The first-order chi connectivity index (χ1) is 9.54. The van der Waals surface area contributed by atoms with Crippen LogP contribution in [-0.2, 0) is 11.8 Å². The number of aromatic nitrogens is 4. The van der Waals surface area contributed by atoms with Gasteiger partial charge in [-0.15, -0.1) is 0 Å². The lowest BCUT2D eigenvalue weighted by Gasteiger charge is -2.17. The molecule has 1 amide bonds. The summed E-state index contributed by atoms with van der Waals surface area (Å²) in [6.45, 7) is 0.298. The van der Waals surface area contributed by atoms with Gasteiger partial charge in [-0.25, -0.2) is 0 Å². The Bertz CT molecular complexity index is 608. The summed E-state index contributed by atoms with van der Waals surface area (Å²) in [5.74, 6) is -0.330. The first-order valence-corrected chi connectivity index (χ1v) is 6.19. The fourth-order valence-corrected chi connectivity index (χ4v) is 1.99. The fourth-order valence-electron chi connectivity index (χ4n) is 1.82. The molecule has 1 atom stereocenters. The Labute approximate surface area is 120 Å². The molecule has 0 fully saturated rings. The molecule has 0 spiro atoms. The summed E-state index contributed by atoms with van der Waals surface area (Å²) in [5, 5.41) is 13.1. The first kappa shape index (κ1) is 14.4. The summed E-state index contributed by atoms with van der Waals surface area (Å²) in [7, 11) is 3.34. The Hall–Kier alpha value is -2.06. The van der Waals surface area contributed by atoms with Crippen molar-refractivity contribution in [3.05, 3.63) is 28.7 Å². The molecule has 2 rings (SSSR count). The Morgan fingerprint density at radius 2 is 2.45 bits per heavy atom. The van der Waals surface area contributed by atoms with Gasteiger partial charge in [-0.05, 0) is 6.07 Å². The van der Waals surface area contributed by atoms with Crippen LogP contribution in [0.2, 0.25) is 5.02 Å². The number of methoxy groups -OCH3 is 1. The second kappa shape index (κ2) is 5.93. The van der Waals surface area contributed by atoms with Crippen molar-refractivity contribution in [2.24, 2.45) is 7.05 Å². The van der Waals surface area contributed by atoms with Crippen LogP contribution in [0.3, 0.4) is 0 Å². The van der Waals surface area contributed by atoms with E-state index in [4.69, 9.17) is 22.1 Å². The van der Waals surface area contributed by atoms with Crippen molar-refractivity contribution in [2.45, 2.75) is 6.04 Å². The lowest BCUT2D eigenvalue weighted by atomic mass is 10.2. The molecule has 2 aromatic rings. The molecule has 2 aromatic heterocycles. The van der Waals surface area contributed by atoms with Crippen LogP contribution in [0.5, 0.6) is 0 Å². The van der Waals surface area contributed by atoms with Gasteiger partial charge in [0.1, 0.15) is 10.7 Å². The number of ether oxygens (including phenoxy) is 1. The number of hydrogen-bond donors (Lipinski definition) is 3. The number of amides is 1. The third kappa shape index (κ3) is 2.75. The highest BCUT2D eigenvalue weighted by molar-refractivity contribution is 6.35. The van der Waals surface area contributed by atoms with Gasteiger partial charge in [0.05, 0.1) is 18.3 Å². The van der Waals surface area contributed by atoms with Gasteiger partial charge in [0.15, 0.2) is 5.82 Å². The number of carbonyl (C=O) groups is 1. The lowest BCUT2D eigenvalue weighted by molar-refractivity contribution is 0.0887. The van der Waals surface area contributed by atoms with Gasteiger partial charge in [-0.1, -0.05) is 11.6 Å². The molecule has 0 radical (unpaired) electrons. The highest BCUT2D eigenvalue weighted by Crippen LogP contribution is 2.21. The number of hydrogen-bond acceptors (Lipinski definition) is 5. The second-order valence-corrected chi connectivity index (χ2v) is 4.54. The minimum atomic E-state index is -0.414. The molecule has 20 heavy (non-hydrogen) atoms. The number of aromatic amines is 1. The topological polar surface area (TPSA) is 111 Å². The molecule has 0 bridgehead atoms. The Balaban J connectivity index is 2.19. The quantitative estimate of drug-likeness (QED) is 0.744. The van der Waals surface area contributed by atoms with E-state index in [0.29, 0.717) is 6.61 Å². The number of nitrogens with two attached hydrogens (primary N) is 1. The van der Waals surface area contributed by atoms with Crippen molar-refractivity contribution in [1.29, 1.82) is 0 Å². The van der Waals surface area contributed by atoms with E-state index in [1.54, 1.807) is 31.1 Å². The predicted molar refractivity (Wildman–Crippen MR) is 73.3 cm³/mol. The maximum atomic E-state index is 12.2. The zero-order chi connectivity index (χ0) is 14.7. The molecule has 1 unspecified atom stereocenters. The van der Waals surface area contributed by atoms with Crippen LogP contribution < -0.4 is 11.1 Å². The molecule has 0 aliphatic heterocycles. The Morgan fingerprint density at radius 3 is 2.95 bits per heavy atom. The van der Waals surface area contributed by atoms with Gasteiger partial charge in [0, 0.05) is 20.4 Å². The normalized spacial score (nSPS) is 12.3. The molecule has 0 aromatic carbocycles. The molecule has 108 valence electrons. The average Bonchev–Trinajstić information content (AvgIpc) is 2.97. The third-order valence-corrected chi connectivity index (χ3v) is 3.20. The number of nitrogens with zero attached hydrogens (tertiary/aromatic N) is 3. The number of halogens is 1. The van der Waals surface area contributed by atoms with Crippen LogP contribution in [-0.4, -0.2) is 39.6 Å². The SMILES string of the molecule is COCC(NC(=O)c1[nH]nc(N)c1Cl)c1ccnn1C. The van der Waals surface area contributed by atoms with Crippen molar-refractivity contribution in [3.63, 3.8) is 0 Å². The minimum absolute atomic E-state index is 0.0839. The summed E-state index contributed by atoms with van der Waals surface area (Å²) in [6, 6.07) is 1.44. The largest absolute Gasteiger partial charge is 0.382 e. The monoisotopic (exact) mass is 298 g/mol. The predicted octanol–water partition coefficient (Wildman–Crippen LogP) is 0.496. The molecular formula is C11H15ClN6O2. The van der Waals surface area contributed by atoms with E-state index in [1.165, 1.54) is 0 Å².